The van der Waals surface area contributed by atoms with Gasteiger partial charge in [-0.2, -0.15) is 0 Å². The summed E-state index contributed by atoms with van der Waals surface area (Å²) >= 11 is 0. The molecule has 4 nitrogen and oxygen atoms in total. The van der Waals surface area contributed by atoms with Gasteiger partial charge < -0.3 is 10.1 Å². The van der Waals surface area contributed by atoms with E-state index < -0.39 is 0 Å². The summed E-state index contributed by atoms with van der Waals surface area (Å²) in [6.07, 6.45) is 0.902. The SMILES string of the molecule is CCCNC(=O)c1c(C)c(-c2ccc(OC)cc2)nc2ccccc12. The van der Waals surface area contributed by atoms with Gasteiger partial charge in [0.15, 0.2) is 0 Å². The number of ether oxygens (including phenoxy) is 1. The molecule has 0 aliphatic rings. The van der Waals surface area contributed by atoms with Gasteiger partial charge in [-0.25, -0.2) is 4.98 Å². The molecule has 1 aromatic heterocycles. The van der Waals surface area contributed by atoms with Gasteiger partial charge in [0, 0.05) is 17.5 Å². The van der Waals surface area contributed by atoms with Crippen molar-refractivity contribution in [1.82, 2.24) is 10.3 Å². The molecule has 3 aromatic rings. The second-order valence-corrected chi connectivity index (χ2v) is 5.96. The Kier molecular flexibility index (Phi) is 4.98. The Morgan fingerprint density at radius 2 is 1.84 bits per heavy atom. The van der Waals surface area contributed by atoms with Crippen LogP contribution in [0.4, 0.5) is 0 Å². The summed E-state index contributed by atoms with van der Waals surface area (Å²) in [5.41, 5.74) is 4.19. The third kappa shape index (κ3) is 3.33. The number of fused-ring (bicyclic) bond motifs is 1. The molecule has 1 amide bonds. The number of carbonyl (C=O) groups is 1. The monoisotopic (exact) mass is 334 g/mol. The van der Waals surface area contributed by atoms with Crippen LogP contribution in [0.1, 0.15) is 29.3 Å². The Bertz CT molecular complexity index is 902. The molecule has 0 unspecified atom stereocenters. The lowest BCUT2D eigenvalue weighted by molar-refractivity contribution is 0.0954. The van der Waals surface area contributed by atoms with Crippen LogP contribution in [0.15, 0.2) is 48.5 Å². The second kappa shape index (κ2) is 7.34. The number of amides is 1. The van der Waals surface area contributed by atoms with Crippen LogP contribution in [0, 0.1) is 6.92 Å². The highest BCUT2D eigenvalue weighted by Crippen LogP contribution is 2.30. The van der Waals surface area contributed by atoms with Crippen LogP contribution in [-0.2, 0) is 0 Å². The van der Waals surface area contributed by atoms with E-state index in [1.807, 2.05) is 62.4 Å². The summed E-state index contributed by atoms with van der Waals surface area (Å²) in [7, 11) is 1.64. The molecule has 0 radical (unpaired) electrons. The summed E-state index contributed by atoms with van der Waals surface area (Å²) in [5.74, 6) is 0.746. The lowest BCUT2D eigenvalue weighted by Gasteiger charge is -2.15. The van der Waals surface area contributed by atoms with Crippen molar-refractivity contribution in [2.75, 3.05) is 13.7 Å². The van der Waals surface area contributed by atoms with Gasteiger partial charge in [0.05, 0.1) is 23.9 Å². The zero-order chi connectivity index (χ0) is 17.8. The number of rotatable bonds is 5. The molecule has 0 saturated carbocycles. The van der Waals surface area contributed by atoms with Crippen LogP contribution < -0.4 is 10.1 Å². The summed E-state index contributed by atoms with van der Waals surface area (Å²) in [6, 6.07) is 15.5. The van der Waals surface area contributed by atoms with Gasteiger partial charge in [0.25, 0.3) is 5.91 Å². The smallest absolute Gasteiger partial charge is 0.252 e. The van der Waals surface area contributed by atoms with E-state index in [1.54, 1.807) is 7.11 Å². The first kappa shape index (κ1) is 17.0. The molecule has 0 bridgehead atoms. The molecular weight excluding hydrogens is 312 g/mol. The number of benzene rings is 2. The van der Waals surface area contributed by atoms with Crippen molar-refractivity contribution in [3.63, 3.8) is 0 Å². The van der Waals surface area contributed by atoms with E-state index in [-0.39, 0.29) is 5.91 Å². The van der Waals surface area contributed by atoms with E-state index in [9.17, 15) is 4.79 Å². The number of para-hydroxylation sites is 1. The van der Waals surface area contributed by atoms with Gasteiger partial charge in [-0.3, -0.25) is 4.79 Å². The Morgan fingerprint density at radius 3 is 2.52 bits per heavy atom. The Morgan fingerprint density at radius 1 is 1.12 bits per heavy atom. The minimum atomic E-state index is -0.0484. The van der Waals surface area contributed by atoms with Gasteiger partial charge in [-0.1, -0.05) is 25.1 Å². The molecule has 1 heterocycles. The predicted molar refractivity (Wildman–Crippen MR) is 101 cm³/mol. The van der Waals surface area contributed by atoms with Crippen molar-refractivity contribution in [3.8, 4) is 17.0 Å². The molecule has 0 atom stereocenters. The quantitative estimate of drug-likeness (QED) is 0.754. The van der Waals surface area contributed by atoms with E-state index in [0.717, 1.165) is 39.9 Å². The van der Waals surface area contributed by atoms with Crippen LogP contribution in [0.2, 0.25) is 0 Å². The predicted octanol–water partition coefficient (Wildman–Crippen LogP) is 4.36. The van der Waals surface area contributed by atoms with Crippen molar-refractivity contribution in [3.05, 3.63) is 59.7 Å². The van der Waals surface area contributed by atoms with Gasteiger partial charge >= 0.3 is 0 Å². The Labute approximate surface area is 147 Å². The number of hydrogen-bond acceptors (Lipinski definition) is 3. The molecule has 4 heteroatoms. The van der Waals surface area contributed by atoms with E-state index in [2.05, 4.69) is 5.32 Å². The first-order chi connectivity index (χ1) is 12.2. The van der Waals surface area contributed by atoms with Crippen LogP contribution >= 0.6 is 0 Å². The summed E-state index contributed by atoms with van der Waals surface area (Å²) in [5, 5.41) is 3.87. The summed E-state index contributed by atoms with van der Waals surface area (Å²) in [6.45, 7) is 4.66. The number of hydrogen-bond donors (Lipinski definition) is 1. The van der Waals surface area contributed by atoms with Crippen molar-refractivity contribution in [1.29, 1.82) is 0 Å². The molecule has 1 N–H and O–H groups in total. The highest BCUT2D eigenvalue weighted by molar-refractivity contribution is 6.08. The Balaban J connectivity index is 2.19. The van der Waals surface area contributed by atoms with Gasteiger partial charge in [-0.05, 0) is 49.2 Å². The van der Waals surface area contributed by atoms with E-state index in [1.165, 1.54) is 0 Å². The topological polar surface area (TPSA) is 51.2 Å². The first-order valence-corrected chi connectivity index (χ1v) is 8.47. The molecule has 0 saturated heterocycles. The van der Waals surface area contributed by atoms with E-state index in [0.29, 0.717) is 12.1 Å². The van der Waals surface area contributed by atoms with Gasteiger partial charge in [0.2, 0.25) is 0 Å². The molecule has 3 rings (SSSR count). The zero-order valence-corrected chi connectivity index (χ0v) is 14.8. The van der Waals surface area contributed by atoms with E-state index >= 15 is 0 Å². The van der Waals surface area contributed by atoms with Crippen molar-refractivity contribution in [2.45, 2.75) is 20.3 Å². The van der Waals surface area contributed by atoms with Crippen LogP contribution in [0.5, 0.6) is 5.75 Å². The molecule has 128 valence electrons. The van der Waals surface area contributed by atoms with Crippen LogP contribution in [0.3, 0.4) is 0 Å². The molecule has 0 aliphatic carbocycles. The number of nitrogens with zero attached hydrogens (tertiary/aromatic N) is 1. The third-order valence-corrected chi connectivity index (χ3v) is 4.26. The minimum Gasteiger partial charge on any atom is -0.497 e. The number of nitrogens with one attached hydrogen (secondary N) is 1. The standard InChI is InChI=1S/C21H22N2O2/c1-4-13-22-21(24)19-14(2)20(15-9-11-16(25-3)12-10-15)23-18-8-6-5-7-17(18)19/h5-12H,4,13H2,1-3H3,(H,22,24). The highest BCUT2D eigenvalue weighted by Gasteiger charge is 2.18. The maximum absolute atomic E-state index is 12.8. The molecule has 0 aliphatic heterocycles. The fraction of sp³-hybridized carbons (Fsp3) is 0.238. The molecule has 0 fully saturated rings. The normalized spacial score (nSPS) is 10.7. The molecular formula is C21H22N2O2. The fourth-order valence-corrected chi connectivity index (χ4v) is 2.96. The van der Waals surface area contributed by atoms with Crippen LogP contribution in [-0.4, -0.2) is 24.5 Å². The maximum Gasteiger partial charge on any atom is 0.252 e. The molecule has 2 aromatic carbocycles. The van der Waals surface area contributed by atoms with Crippen molar-refractivity contribution in [2.24, 2.45) is 0 Å². The lowest BCUT2D eigenvalue weighted by Crippen LogP contribution is -2.25. The molecule has 25 heavy (non-hydrogen) atoms. The van der Waals surface area contributed by atoms with Crippen molar-refractivity contribution >= 4 is 16.8 Å². The third-order valence-electron chi connectivity index (χ3n) is 4.26. The molecule has 0 spiro atoms. The van der Waals surface area contributed by atoms with Gasteiger partial charge in [-0.15, -0.1) is 0 Å². The van der Waals surface area contributed by atoms with Crippen molar-refractivity contribution < 1.29 is 9.53 Å². The second-order valence-electron chi connectivity index (χ2n) is 5.96. The Hall–Kier alpha value is -2.88. The first-order valence-electron chi connectivity index (χ1n) is 8.47. The highest BCUT2D eigenvalue weighted by atomic mass is 16.5. The fourth-order valence-electron chi connectivity index (χ4n) is 2.96. The summed E-state index contributed by atoms with van der Waals surface area (Å²) in [4.78, 5) is 17.6. The number of aromatic nitrogens is 1. The lowest BCUT2D eigenvalue weighted by atomic mass is 9.97. The number of methoxy groups -OCH3 is 1. The largest absolute Gasteiger partial charge is 0.497 e. The average molecular weight is 334 g/mol. The number of pyridine rings is 1. The zero-order valence-electron chi connectivity index (χ0n) is 14.8. The number of carbonyl (C=O) groups excluding carboxylic acids is 1. The van der Waals surface area contributed by atoms with Crippen LogP contribution in [0.25, 0.3) is 22.2 Å². The summed E-state index contributed by atoms with van der Waals surface area (Å²) < 4.78 is 5.23. The maximum atomic E-state index is 12.8. The minimum absolute atomic E-state index is 0.0484. The average Bonchev–Trinajstić information content (AvgIpc) is 2.65. The van der Waals surface area contributed by atoms with Gasteiger partial charge in [0.1, 0.15) is 5.75 Å². The van der Waals surface area contributed by atoms with E-state index in [4.69, 9.17) is 9.72 Å².